The summed E-state index contributed by atoms with van der Waals surface area (Å²) >= 11 is 17.4. The summed E-state index contributed by atoms with van der Waals surface area (Å²) in [5.41, 5.74) is 2.72. The molecule has 1 heterocycles. The van der Waals surface area contributed by atoms with Gasteiger partial charge in [-0.3, -0.25) is 0 Å². The third-order valence-corrected chi connectivity index (χ3v) is 3.68. The third-order valence-electron chi connectivity index (χ3n) is 2.74. The second kappa shape index (κ2) is 5.39. The van der Waals surface area contributed by atoms with Crippen molar-refractivity contribution in [1.82, 2.24) is 9.97 Å². The topological polar surface area (TPSA) is 28.7 Å². The van der Waals surface area contributed by atoms with E-state index in [-0.39, 0.29) is 0 Å². The highest BCUT2D eigenvalue weighted by atomic mass is 35.5. The number of aryl methyl sites for hydroxylation is 1. The zero-order valence-corrected chi connectivity index (χ0v) is 12.4. The summed E-state index contributed by atoms with van der Waals surface area (Å²) in [6.45, 7) is 3.96. The molecule has 2 aromatic rings. The Morgan fingerprint density at radius 2 is 2.06 bits per heavy atom. The zero-order chi connectivity index (χ0) is 13.3. The second-order valence-electron chi connectivity index (χ2n) is 3.97. The minimum Gasteiger partial charge on any atom is -0.343 e. The minimum atomic E-state index is 0.601. The van der Waals surface area contributed by atoms with Crippen LogP contribution in [0.3, 0.4) is 0 Å². The summed E-state index contributed by atoms with van der Waals surface area (Å²) in [5.74, 6) is 0.853. The van der Waals surface area contributed by atoms with Gasteiger partial charge in [0, 0.05) is 22.6 Å². The molecule has 0 aliphatic heterocycles. The van der Waals surface area contributed by atoms with Crippen molar-refractivity contribution < 1.29 is 0 Å². The molecule has 0 fully saturated rings. The van der Waals surface area contributed by atoms with E-state index in [2.05, 4.69) is 9.97 Å². The largest absolute Gasteiger partial charge is 0.343 e. The number of benzene rings is 1. The number of hydrogen-bond acceptors (Lipinski definition) is 2. The van der Waals surface area contributed by atoms with E-state index in [1.165, 1.54) is 0 Å². The molecule has 0 unspecified atom stereocenters. The average Bonchev–Trinajstić information content (AvgIpc) is 2.33. The molecular formula is C13H12Cl2N2S. The van der Waals surface area contributed by atoms with E-state index in [4.69, 9.17) is 35.4 Å². The highest BCUT2D eigenvalue weighted by molar-refractivity contribution is 7.71. The van der Waals surface area contributed by atoms with Gasteiger partial charge in [0.25, 0.3) is 0 Å². The Morgan fingerprint density at radius 1 is 1.33 bits per heavy atom. The Labute approximate surface area is 121 Å². The Hall–Kier alpha value is -0.900. The molecule has 0 atom stereocenters. The molecule has 0 spiro atoms. The van der Waals surface area contributed by atoms with Crippen LogP contribution in [0, 0.1) is 11.6 Å². The quantitative estimate of drug-likeness (QED) is 0.792. The molecule has 1 N–H and O–H groups in total. The average molecular weight is 299 g/mol. The number of nitrogens with one attached hydrogen (secondary N) is 1. The van der Waals surface area contributed by atoms with Crippen molar-refractivity contribution in [1.29, 1.82) is 0 Å². The molecule has 0 aliphatic carbocycles. The number of hydrogen-bond donors (Lipinski definition) is 1. The van der Waals surface area contributed by atoms with Crippen LogP contribution < -0.4 is 0 Å². The molecule has 2 nitrogen and oxygen atoms in total. The van der Waals surface area contributed by atoms with Gasteiger partial charge in [-0.2, -0.15) is 0 Å². The zero-order valence-electron chi connectivity index (χ0n) is 10.1. The van der Waals surface area contributed by atoms with Gasteiger partial charge in [0.1, 0.15) is 10.5 Å². The summed E-state index contributed by atoms with van der Waals surface area (Å²) in [6.07, 6.45) is 0.794. The van der Waals surface area contributed by atoms with Crippen molar-refractivity contribution in [2.24, 2.45) is 0 Å². The molecule has 0 bridgehead atoms. The van der Waals surface area contributed by atoms with E-state index in [0.29, 0.717) is 14.7 Å². The molecule has 5 heteroatoms. The number of nitrogens with zero attached hydrogens (tertiary/aromatic N) is 1. The van der Waals surface area contributed by atoms with E-state index < -0.39 is 0 Å². The van der Waals surface area contributed by atoms with Crippen molar-refractivity contribution in [3.63, 3.8) is 0 Å². The maximum atomic E-state index is 6.23. The summed E-state index contributed by atoms with van der Waals surface area (Å²) in [6, 6.07) is 5.42. The van der Waals surface area contributed by atoms with Crippen LogP contribution in [0.2, 0.25) is 10.0 Å². The lowest BCUT2D eigenvalue weighted by Gasteiger charge is -2.10. The monoisotopic (exact) mass is 298 g/mol. The Balaban J connectivity index is 2.70. The van der Waals surface area contributed by atoms with Crippen LogP contribution in [0.5, 0.6) is 0 Å². The first-order valence-corrected chi connectivity index (χ1v) is 6.74. The fourth-order valence-electron chi connectivity index (χ4n) is 1.71. The van der Waals surface area contributed by atoms with E-state index >= 15 is 0 Å². The van der Waals surface area contributed by atoms with E-state index in [1.54, 1.807) is 6.07 Å². The molecule has 0 amide bonds. The maximum absolute atomic E-state index is 6.23. The third kappa shape index (κ3) is 2.58. The summed E-state index contributed by atoms with van der Waals surface area (Å²) in [4.78, 5) is 7.59. The summed E-state index contributed by atoms with van der Waals surface area (Å²) in [5, 5.41) is 1.22. The lowest BCUT2D eigenvalue weighted by Crippen LogP contribution is -1.99. The Morgan fingerprint density at radius 3 is 2.67 bits per heavy atom. The number of aromatic amines is 1. The summed E-state index contributed by atoms with van der Waals surface area (Å²) < 4.78 is 0.603. The van der Waals surface area contributed by atoms with Gasteiger partial charge in [0.05, 0.1) is 10.7 Å². The van der Waals surface area contributed by atoms with Gasteiger partial charge in [-0.1, -0.05) is 42.3 Å². The van der Waals surface area contributed by atoms with Gasteiger partial charge < -0.3 is 4.98 Å². The molecule has 1 aromatic heterocycles. The molecule has 0 saturated carbocycles. The van der Waals surface area contributed by atoms with Gasteiger partial charge in [-0.25, -0.2) is 4.98 Å². The van der Waals surface area contributed by atoms with Crippen molar-refractivity contribution in [3.8, 4) is 11.3 Å². The van der Waals surface area contributed by atoms with Crippen molar-refractivity contribution in [3.05, 3.63) is 44.3 Å². The van der Waals surface area contributed by atoms with Gasteiger partial charge in [-0.05, 0) is 25.1 Å². The SMILES string of the molecule is CCc1nc(=S)c(C)c(-c2ccc(Cl)cc2Cl)[nH]1. The lowest BCUT2D eigenvalue weighted by atomic mass is 10.1. The highest BCUT2D eigenvalue weighted by Crippen LogP contribution is 2.31. The van der Waals surface area contributed by atoms with E-state index in [1.807, 2.05) is 26.0 Å². The molecule has 0 aliphatic rings. The predicted molar refractivity (Wildman–Crippen MR) is 79.0 cm³/mol. The molecule has 1 aromatic carbocycles. The van der Waals surface area contributed by atoms with Crippen LogP contribution in [-0.4, -0.2) is 9.97 Å². The second-order valence-corrected chi connectivity index (χ2v) is 5.20. The van der Waals surface area contributed by atoms with Gasteiger partial charge in [-0.15, -0.1) is 0 Å². The minimum absolute atomic E-state index is 0.601. The molecule has 0 saturated heterocycles. The van der Waals surface area contributed by atoms with Crippen LogP contribution in [0.1, 0.15) is 18.3 Å². The van der Waals surface area contributed by atoms with Crippen molar-refractivity contribution in [2.75, 3.05) is 0 Å². The first-order valence-electron chi connectivity index (χ1n) is 5.58. The fourth-order valence-corrected chi connectivity index (χ4v) is 2.42. The van der Waals surface area contributed by atoms with Crippen LogP contribution in [0.25, 0.3) is 11.3 Å². The number of aromatic nitrogens is 2. The van der Waals surface area contributed by atoms with E-state index in [0.717, 1.165) is 29.1 Å². The molecule has 94 valence electrons. The highest BCUT2D eigenvalue weighted by Gasteiger charge is 2.10. The van der Waals surface area contributed by atoms with E-state index in [9.17, 15) is 0 Å². The van der Waals surface area contributed by atoms with Crippen molar-refractivity contribution in [2.45, 2.75) is 20.3 Å². The normalized spacial score (nSPS) is 10.7. The standard InChI is InChI=1S/C13H12Cl2N2S/c1-3-11-16-12(7(2)13(18)17-11)9-5-4-8(14)6-10(9)15/h4-6H,3H2,1-2H3,(H,16,17,18). The summed E-state index contributed by atoms with van der Waals surface area (Å²) in [7, 11) is 0. The van der Waals surface area contributed by atoms with Crippen LogP contribution in [-0.2, 0) is 6.42 Å². The molecule has 2 rings (SSSR count). The fraction of sp³-hybridized carbons (Fsp3) is 0.231. The van der Waals surface area contributed by atoms with Crippen LogP contribution >= 0.6 is 35.4 Å². The molecule has 18 heavy (non-hydrogen) atoms. The lowest BCUT2D eigenvalue weighted by molar-refractivity contribution is 0.926. The molecule has 0 radical (unpaired) electrons. The Bertz CT molecular complexity index is 650. The predicted octanol–water partition coefficient (Wildman–Crippen LogP) is 4.98. The van der Waals surface area contributed by atoms with Gasteiger partial charge >= 0.3 is 0 Å². The van der Waals surface area contributed by atoms with Crippen LogP contribution in [0.15, 0.2) is 18.2 Å². The first-order chi connectivity index (χ1) is 8.52. The van der Waals surface area contributed by atoms with Gasteiger partial charge in [0.15, 0.2) is 0 Å². The number of H-pyrrole nitrogens is 1. The smallest absolute Gasteiger partial charge is 0.133 e. The molecular weight excluding hydrogens is 287 g/mol. The number of rotatable bonds is 2. The number of halogens is 2. The van der Waals surface area contributed by atoms with Gasteiger partial charge in [0.2, 0.25) is 0 Å². The maximum Gasteiger partial charge on any atom is 0.133 e. The van der Waals surface area contributed by atoms with Crippen molar-refractivity contribution >= 4 is 35.4 Å². The Kier molecular flexibility index (Phi) is 4.05. The first kappa shape index (κ1) is 13.5. The van der Waals surface area contributed by atoms with Crippen LogP contribution in [0.4, 0.5) is 0 Å².